The zero-order valence-corrected chi connectivity index (χ0v) is 32.1. The number of nitrogen functional groups attached to an aromatic ring is 1. The number of unbranched alkanes of at least 4 members (excludes halogenated alkanes) is 5. The summed E-state index contributed by atoms with van der Waals surface area (Å²) in [7, 11) is 0. The highest BCUT2D eigenvalue weighted by molar-refractivity contribution is 8.01. The highest BCUT2D eigenvalue weighted by atomic mass is 32.2. The molecule has 1 aromatic heterocycles. The number of hydrazine groups is 1. The van der Waals surface area contributed by atoms with Crippen molar-refractivity contribution in [1.82, 2.24) is 36.5 Å². The van der Waals surface area contributed by atoms with Gasteiger partial charge in [-0.15, -0.1) is 11.8 Å². The quantitative estimate of drug-likeness (QED) is 0.0471. The monoisotopic (exact) mass is 768 g/mol. The summed E-state index contributed by atoms with van der Waals surface area (Å²) in [6.07, 6.45) is 6.10. The normalized spacial score (nSPS) is 18.8. The van der Waals surface area contributed by atoms with Gasteiger partial charge in [0, 0.05) is 43.3 Å². The Balaban J connectivity index is 1.38. The fraction of sp³-hybridized carbons (Fsp3) is 0.568. The summed E-state index contributed by atoms with van der Waals surface area (Å²) in [4.78, 5) is 89.6. The fourth-order valence-corrected chi connectivity index (χ4v) is 8.12. The first-order valence-corrected chi connectivity index (χ1v) is 19.6. The van der Waals surface area contributed by atoms with E-state index in [2.05, 4.69) is 31.6 Å². The van der Waals surface area contributed by atoms with E-state index < -0.39 is 40.3 Å². The number of hydrogen-bond acceptors (Lipinski definition) is 13. The van der Waals surface area contributed by atoms with E-state index in [1.54, 1.807) is 17.9 Å². The average Bonchev–Trinajstić information content (AvgIpc) is 3.64. The number of carbonyl (C=O) groups is 6. The zero-order chi connectivity index (χ0) is 39.1. The molecule has 0 radical (unpaired) electrons. The maximum atomic E-state index is 13.4. The standard InChI is InChI=1S/C37H52N8O8S/c1-4-6-8-12-28(46)33(49)42-37(19-11-10-14-31(48)53-44-43-34(50)29(47)13-9-7-5-2)32-27(23-54-37)40-36(51)45(32)21-25-15-17-26(18-16-25)22-52-30-20-24(3)39-35(38)41-30/h15-18,20,27,32,44H,4-14,19,21-23H2,1-3H3,(H,40,51)(H,42,49)(H,43,50)(H2,38,39,41)/t27-,32-,37-/m1/s1. The molecule has 0 saturated carbocycles. The van der Waals surface area contributed by atoms with Gasteiger partial charge < -0.3 is 30.8 Å². The van der Waals surface area contributed by atoms with Crippen LogP contribution >= 0.6 is 11.8 Å². The molecule has 2 aromatic rings. The number of ketones is 2. The molecule has 4 amide bonds. The Labute approximate surface area is 319 Å². The predicted molar refractivity (Wildman–Crippen MR) is 201 cm³/mol. The molecule has 0 bridgehead atoms. The van der Waals surface area contributed by atoms with Gasteiger partial charge >= 0.3 is 17.9 Å². The number of urea groups is 1. The summed E-state index contributed by atoms with van der Waals surface area (Å²) in [5, 5.41) is 6.09. The molecule has 2 aliphatic rings. The second-order valence-corrected chi connectivity index (χ2v) is 14.9. The SMILES string of the molecule is CCCCCC(=O)C(=O)NNOC(=O)CCCC[C@@]1(NC(=O)C(=O)CCCCC)SC[C@H]2NC(=O)N(Cc3ccc(COc4cc(C)nc(N)n4)cc3)[C@H]21. The van der Waals surface area contributed by atoms with Crippen molar-refractivity contribution in [2.45, 2.75) is 128 Å². The number of benzene rings is 1. The number of nitrogens with one attached hydrogen (secondary N) is 4. The number of rotatable bonds is 23. The molecule has 4 rings (SSSR count). The maximum absolute atomic E-state index is 13.4. The Kier molecular flexibility index (Phi) is 16.0. The minimum absolute atomic E-state index is 0.0206. The van der Waals surface area contributed by atoms with Gasteiger partial charge in [-0.25, -0.2) is 9.78 Å². The van der Waals surface area contributed by atoms with Crippen LogP contribution in [0.5, 0.6) is 5.88 Å². The number of nitrogens with zero attached hydrogens (tertiary/aromatic N) is 3. The molecule has 17 heteroatoms. The molecule has 1 aromatic carbocycles. The van der Waals surface area contributed by atoms with E-state index in [4.69, 9.17) is 15.3 Å². The van der Waals surface area contributed by atoms with E-state index in [0.29, 0.717) is 49.4 Å². The summed E-state index contributed by atoms with van der Waals surface area (Å²) in [6.45, 7) is 6.31. The molecule has 2 fully saturated rings. The number of fused-ring (bicyclic) bond motifs is 1. The predicted octanol–water partition coefficient (Wildman–Crippen LogP) is 3.71. The lowest BCUT2D eigenvalue weighted by molar-refractivity contribution is -0.157. The first kappa shape index (κ1) is 42.0. The van der Waals surface area contributed by atoms with Crippen molar-refractivity contribution in [2.24, 2.45) is 0 Å². The molecule has 2 aliphatic heterocycles. The smallest absolute Gasteiger partial charge is 0.327 e. The van der Waals surface area contributed by atoms with Crippen molar-refractivity contribution < 1.29 is 38.3 Å². The van der Waals surface area contributed by atoms with Crippen molar-refractivity contribution >= 4 is 53.1 Å². The molecule has 2 saturated heterocycles. The van der Waals surface area contributed by atoms with Crippen LogP contribution in [0.3, 0.4) is 0 Å². The van der Waals surface area contributed by atoms with Crippen LogP contribution in [0.1, 0.15) is 108 Å². The minimum atomic E-state index is -0.999. The number of carbonyl (C=O) groups excluding carboxylic acids is 6. The van der Waals surface area contributed by atoms with Crippen LogP contribution in [-0.4, -0.2) is 73.0 Å². The van der Waals surface area contributed by atoms with Gasteiger partial charge in [0.1, 0.15) is 11.5 Å². The third-order valence-corrected chi connectivity index (χ3v) is 10.8. The van der Waals surface area contributed by atoms with Crippen LogP contribution in [0.25, 0.3) is 0 Å². The number of thioether (sulfide) groups is 1. The van der Waals surface area contributed by atoms with Crippen LogP contribution < -0.4 is 32.1 Å². The van der Waals surface area contributed by atoms with Gasteiger partial charge in [0.15, 0.2) is 0 Å². The molecule has 3 atom stereocenters. The van der Waals surface area contributed by atoms with Crippen molar-refractivity contribution in [3.63, 3.8) is 0 Å². The third-order valence-electron chi connectivity index (χ3n) is 9.25. The van der Waals surface area contributed by atoms with Crippen molar-refractivity contribution in [1.29, 1.82) is 0 Å². The van der Waals surface area contributed by atoms with E-state index in [0.717, 1.165) is 36.8 Å². The van der Waals surface area contributed by atoms with E-state index in [1.807, 2.05) is 38.1 Å². The summed E-state index contributed by atoms with van der Waals surface area (Å²) >= 11 is 1.48. The Hall–Kier alpha value is -4.77. The number of Topliss-reactive ketones (excluding diaryl/α,β-unsaturated/α-hetero) is 2. The number of aryl methyl sites for hydroxylation is 1. The molecular formula is C37H52N8O8S. The van der Waals surface area contributed by atoms with Gasteiger partial charge in [0.05, 0.1) is 12.1 Å². The minimum Gasteiger partial charge on any atom is -0.473 e. The molecule has 54 heavy (non-hydrogen) atoms. The van der Waals surface area contributed by atoms with Crippen LogP contribution in [-0.2, 0) is 42.0 Å². The number of ether oxygens (including phenoxy) is 1. The Morgan fingerprint density at radius 1 is 0.926 bits per heavy atom. The van der Waals surface area contributed by atoms with E-state index in [-0.39, 0.29) is 50.4 Å². The van der Waals surface area contributed by atoms with Crippen LogP contribution in [0.2, 0.25) is 0 Å². The first-order valence-electron chi connectivity index (χ1n) is 18.6. The lowest BCUT2D eigenvalue weighted by atomic mass is 9.94. The summed E-state index contributed by atoms with van der Waals surface area (Å²) < 4.78 is 5.79. The molecule has 3 heterocycles. The van der Waals surface area contributed by atoms with Crippen LogP contribution in [0, 0.1) is 6.92 Å². The Bertz CT molecular complexity index is 1620. The lowest BCUT2D eigenvalue weighted by Crippen LogP contribution is -2.59. The number of hydrogen-bond donors (Lipinski definition) is 5. The van der Waals surface area contributed by atoms with Gasteiger partial charge in [-0.3, -0.25) is 29.4 Å². The fourth-order valence-electron chi connectivity index (χ4n) is 6.46. The van der Waals surface area contributed by atoms with Crippen molar-refractivity contribution in [3.05, 3.63) is 47.2 Å². The number of nitrogens with two attached hydrogens (primary N) is 1. The molecule has 16 nitrogen and oxygen atoms in total. The number of amides is 4. The zero-order valence-electron chi connectivity index (χ0n) is 31.2. The van der Waals surface area contributed by atoms with Crippen LogP contribution in [0.15, 0.2) is 30.3 Å². The van der Waals surface area contributed by atoms with Gasteiger partial charge in [0.2, 0.25) is 23.4 Å². The lowest BCUT2D eigenvalue weighted by Gasteiger charge is -2.39. The largest absolute Gasteiger partial charge is 0.473 e. The second kappa shape index (κ2) is 20.6. The summed E-state index contributed by atoms with van der Waals surface area (Å²) in [6, 6.07) is 8.27. The highest BCUT2D eigenvalue weighted by Gasteiger charge is 2.58. The van der Waals surface area contributed by atoms with Crippen LogP contribution in [0.4, 0.5) is 10.7 Å². The second-order valence-electron chi connectivity index (χ2n) is 13.6. The van der Waals surface area contributed by atoms with Crippen molar-refractivity contribution in [3.8, 4) is 5.88 Å². The summed E-state index contributed by atoms with van der Waals surface area (Å²) in [5.74, 6) is -2.32. The number of aromatic nitrogens is 2. The molecule has 6 N–H and O–H groups in total. The topological polar surface area (TPSA) is 224 Å². The van der Waals surface area contributed by atoms with Gasteiger partial charge in [-0.2, -0.15) is 4.98 Å². The van der Waals surface area contributed by atoms with Gasteiger partial charge in [-0.05, 0) is 50.2 Å². The maximum Gasteiger partial charge on any atom is 0.327 e. The average molecular weight is 769 g/mol. The first-order chi connectivity index (χ1) is 25.9. The number of anilines is 1. The molecule has 0 aliphatic carbocycles. The third kappa shape index (κ3) is 12.1. The molecular weight excluding hydrogens is 717 g/mol. The van der Waals surface area contributed by atoms with Crippen molar-refractivity contribution in [2.75, 3.05) is 11.5 Å². The highest BCUT2D eigenvalue weighted by Crippen LogP contribution is 2.46. The molecule has 0 spiro atoms. The van der Waals surface area contributed by atoms with E-state index in [1.165, 1.54) is 11.8 Å². The van der Waals surface area contributed by atoms with E-state index >= 15 is 0 Å². The van der Waals surface area contributed by atoms with Gasteiger partial charge in [-0.1, -0.05) is 69.4 Å². The van der Waals surface area contributed by atoms with E-state index in [9.17, 15) is 28.8 Å². The summed E-state index contributed by atoms with van der Waals surface area (Å²) in [5.41, 5.74) is 12.3. The Morgan fingerprint density at radius 2 is 1.57 bits per heavy atom. The molecule has 0 unspecified atom stereocenters. The molecule has 294 valence electrons. The Morgan fingerprint density at radius 3 is 2.24 bits per heavy atom. The van der Waals surface area contributed by atoms with Gasteiger partial charge in [0.25, 0.3) is 5.91 Å².